The predicted octanol–water partition coefficient (Wildman–Crippen LogP) is 4.79. The molecule has 4 rings (SSSR count). The highest BCUT2D eigenvalue weighted by atomic mass is 19.4. The SMILES string of the molecule is O=C(c1ccc(-n2nc(C(F)(F)F)c3c2CCCC3)cc1)N1CCCCCC1. The first-order valence-corrected chi connectivity index (χ1v) is 10.0. The molecule has 0 saturated carbocycles. The number of likely N-dealkylation sites (tertiary alicyclic amines) is 1. The van der Waals surface area contributed by atoms with Crippen molar-refractivity contribution < 1.29 is 18.0 Å². The maximum atomic E-state index is 13.4. The molecule has 150 valence electrons. The van der Waals surface area contributed by atoms with Gasteiger partial charge in [-0.2, -0.15) is 18.3 Å². The number of hydrogen-bond donors (Lipinski definition) is 0. The molecule has 1 aliphatic carbocycles. The van der Waals surface area contributed by atoms with Crippen molar-refractivity contribution in [3.63, 3.8) is 0 Å². The third-order valence-electron chi connectivity index (χ3n) is 5.70. The first-order valence-electron chi connectivity index (χ1n) is 10.0. The number of fused-ring (bicyclic) bond motifs is 1. The van der Waals surface area contributed by atoms with Crippen LogP contribution in [0.2, 0.25) is 0 Å². The zero-order valence-corrected chi connectivity index (χ0v) is 15.8. The molecule has 2 aromatic rings. The number of carbonyl (C=O) groups is 1. The Balaban J connectivity index is 1.62. The number of benzene rings is 1. The number of halogens is 3. The third kappa shape index (κ3) is 3.66. The molecule has 0 unspecified atom stereocenters. The standard InChI is InChI=1S/C21H24F3N3O/c22-21(23,24)19-17-7-3-4-8-18(17)27(25-19)16-11-9-15(10-12-16)20(28)26-13-5-1-2-6-14-26/h9-12H,1-8,13-14H2. The van der Waals surface area contributed by atoms with Crippen LogP contribution in [0.5, 0.6) is 0 Å². The Morgan fingerprint density at radius 2 is 1.54 bits per heavy atom. The molecule has 0 bridgehead atoms. The molecule has 1 aromatic carbocycles. The summed E-state index contributed by atoms with van der Waals surface area (Å²) in [5.74, 6) is -0.00748. The van der Waals surface area contributed by atoms with Crippen LogP contribution in [0.4, 0.5) is 13.2 Å². The maximum absolute atomic E-state index is 13.4. The molecular formula is C21H24F3N3O. The number of hydrogen-bond acceptors (Lipinski definition) is 2. The zero-order chi connectivity index (χ0) is 19.7. The molecule has 0 radical (unpaired) electrons. The lowest BCUT2D eigenvalue weighted by atomic mass is 9.95. The number of nitrogens with zero attached hydrogens (tertiary/aromatic N) is 3. The van der Waals surface area contributed by atoms with Crippen LogP contribution < -0.4 is 0 Å². The normalized spacial score (nSPS) is 17.9. The molecule has 1 fully saturated rings. The van der Waals surface area contributed by atoms with E-state index in [9.17, 15) is 18.0 Å². The van der Waals surface area contributed by atoms with Gasteiger partial charge in [0.25, 0.3) is 5.91 Å². The number of amides is 1. The summed E-state index contributed by atoms with van der Waals surface area (Å²) in [5.41, 5.74) is 1.34. The summed E-state index contributed by atoms with van der Waals surface area (Å²) in [6.45, 7) is 1.53. The van der Waals surface area contributed by atoms with E-state index in [-0.39, 0.29) is 5.91 Å². The van der Waals surface area contributed by atoms with E-state index in [1.54, 1.807) is 24.3 Å². The second-order valence-electron chi connectivity index (χ2n) is 7.64. The average Bonchev–Trinajstić information content (AvgIpc) is 2.88. The van der Waals surface area contributed by atoms with Crippen LogP contribution in [-0.4, -0.2) is 33.7 Å². The molecule has 1 aliphatic heterocycles. The van der Waals surface area contributed by atoms with Gasteiger partial charge < -0.3 is 4.90 Å². The van der Waals surface area contributed by atoms with E-state index in [2.05, 4.69) is 5.10 Å². The lowest BCUT2D eigenvalue weighted by molar-refractivity contribution is -0.142. The van der Waals surface area contributed by atoms with Gasteiger partial charge in [-0.3, -0.25) is 4.79 Å². The van der Waals surface area contributed by atoms with Gasteiger partial charge in [0.1, 0.15) is 0 Å². The van der Waals surface area contributed by atoms with Crippen molar-refractivity contribution >= 4 is 5.91 Å². The second-order valence-corrected chi connectivity index (χ2v) is 7.64. The van der Waals surface area contributed by atoms with Gasteiger partial charge in [0.05, 0.1) is 5.69 Å². The molecule has 1 aromatic heterocycles. The van der Waals surface area contributed by atoms with Gasteiger partial charge >= 0.3 is 6.18 Å². The first kappa shape index (κ1) is 19.0. The van der Waals surface area contributed by atoms with Crippen molar-refractivity contribution in [2.75, 3.05) is 13.1 Å². The van der Waals surface area contributed by atoms with Gasteiger partial charge in [-0.15, -0.1) is 0 Å². The quantitative estimate of drug-likeness (QED) is 0.739. The highest BCUT2D eigenvalue weighted by Crippen LogP contribution is 2.36. The van der Waals surface area contributed by atoms with E-state index in [4.69, 9.17) is 0 Å². The molecule has 7 heteroatoms. The molecule has 2 heterocycles. The predicted molar refractivity (Wildman–Crippen MR) is 99.6 cm³/mol. The summed E-state index contributed by atoms with van der Waals surface area (Å²) in [6, 6.07) is 6.81. The minimum Gasteiger partial charge on any atom is -0.339 e. The Labute approximate surface area is 162 Å². The Bertz CT molecular complexity index is 847. The lowest BCUT2D eigenvalue weighted by Gasteiger charge is -2.20. The fraction of sp³-hybridized carbons (Fsp3) is 0.524. The van der Waals surface area contributed by atoms with Crippen LogP contribution in [0.25, 0.3) is 5.69 Å². The van der Waals surface area contributed by atoms with Crippen molar-refractivity contribution in [1.29, 1.82) is 0 Å². The average molecular weight is 391 g/mol. The van der Waals surface area contributed by atoms with Gasteiger partial charge in [0.2, 0.25) is 0 Å². The van der Waals surface area contributed by atoms with E-state index < -0.39 is 11.9 Å². The topological polar surface area (TPSA) is 38.1 Å². The van der Waals surface area contributed by atoms with Gasteiger partial charge in [-0.25, -0.2) is 4.68 Å². The van der Waals surface area contributed by atoms with E-state index in [1.165, 1.54) is 4.68 Å². The van der Waals surface area contributed by atoms with E-state index >= 15 is 0 Å². The molecule has 4 nitrogen and oxygen atoms in total. The Hall–Kier alpha value is -2.31. The molecule has 1 saturated heterocycles. The summed E-state index contributed by atoms with van der Waals surface area (Å²) in [5, 5.41) is 3.91. The third-order valence-corrected chi connectivity index (χ3v) is 5.70. The van der Waals surface area contributed by atoms with Crippen molar-refractivity contribution in [1.82, 2.24) is 14.7 Å². The Morgan fingerprint density at radius 1 is 0.893 bits per heavy atom. The van der Waals surface area contributed by atoms with Crippen LogP contribution in [0.3, 0.4) is 0 Å². The fourth-order valence-corrected chi connectivity index (χ4v) is 4.24. The van der Waals surface area contributed by atoms with Gasteiger partial charge in [-0.1, -0.05) is 12.8 Å². The molecule has 28 heavy (non-hydrogen) atoms. The largest absolute Gasteiger partial charge is 0.435 e. The van der Waals surface area contributed by atoms with Gasteiger partial charge in [0.15, 0.2) is 5.69 Å². The molecule has 0 N–H and O–H groups in total. The van der Waals surface area contributed by atoms with Crippen LogP contribution in [-0.2, 0) is 19.0 Å². The highest BCUT2D eigenvalue weighted by molar-refractivity contribution is 5.94. The van der Waals surface area contributed by atoms with E-state index in [0.717, 1.165) is 51.6 Å². The maximum Gasteiger partial charge on any atom is 0.435 e. The molecular weight excluding hydrogens is 367 g/mol. The zero-order valence-electron chi connectivity index (χ0n) is 15.8. The number of carbonyl (C=O) groups excluding carboxylic acids is 1. The monoisotopic (exact) mass is 391 g/mol. The van der Waals surface area contributed by atoms with Crippen LogP contribution in [0.1, 0.15) is 65.8 Å². The minimum atomic E-state index is -4.45. The summed E-state index contributed by atoms with van der Waals surface area (Å²) in [4.78, 5) is 14.6. The van der Waals surface area contributed by atoms with E-state index in [1.807, 2.05) is 4.90 Å². The minimum absolute atomic E-state index is 0.00748. The van der Waals surface area contributed by atoms with Crippen molar-refractivity contribution in [2.24, 2.45) is 0 Å². The van der Waals surface area contributed by atoms with Gasteiger partial charge in [-0.05, 0) is 62.8 Å². The highest BCUT2D eigenvalue weighted by Gasteiger charge is 2.39. The lowest BCUT2D eigenvalue weighted by Crippen LogP contribution is -2.31. The summed E-state index contributed by atoms with van der Waals surface area (Å²) < 4.78 is 41.6. The Kier molecular flexibility index (Phi) is 5.17. The number of alkyl halides is 3. The number of aromatic nitrogens is 2. The second kappa shape index (κ2) is 7.60. The van der Waals surface area contributed by atoms with E-state index in [0.29, 0.717) is 35.3 Å². The van der Waals surface area contributed by atoms with Crippen molar-refractivity contribution in [3.05, 3.63) is 46.8 Å². The molecule has 1 amide bonds. The van der Waals surface area contributed by atoms with Crippen molar-refractivity contribution in [3.8, 4) is 5.69 Å². The summed E-state index contributed by atoms with van der Waals surface area (Å²) >= 11 is 0. The number of rotatable bonds is 2. The Morgan fingerprint density at radius 3 is 2.18 bits per heavy atom. The van der Waals surface area contributed by atoms with Crippen molar-refractivity contribution in [2.45, 2.75) is 57.5 Å². The smallest absolute Gasteiger partial charge is 0.339 e. The molecule has 0 spiro atoms. The van der Waals surface area contributed by atoms with Crippen LogP contribution in [0.15, 0.2) is 24.3 Å². The summed E-state index contributed by atoms with van der Waals surface area (Å²) in [6.07, 6.45) is 2.50. The van der Waals surface area contributed by atoms with Gasteiger partial charge in [0, 0.05) is 29.9 Å². The fourth-order valence-electron chi connectivity index (χ4n) is 4.24. The molecule has 2 aliphatic rings. The molecule has 0 atom stereocenters. The first-order chi connectivity index (χ1) is 13.4. The van der Waals surface area contributed by atoms with Crippen LogP contribution >= 0.6 is 0 Å². The summed E-state index contributed by atoms with van der Waals surface area (Å²) in [7, 11) is 0. The van der Waals surface area contributed by atoms with Crippen LogP contribution in [0, 0.1) is 0 Å².